The highest BCUT2D eigenvalue weighted by atomic mass is 32.2. The molecule has 1 aromatic heterocycles. The van der Waals surface area contributed by atoms with Crippen LogP contribution in [0.15, 0.2) is 72.4 Å². The van der Waals surface area contributed by atoms with E-state index in [1.54, 1.807) is 18.2 Å². The minimum Gasteiger partial charge on any atom is -0.355 e. The first-order chi connectivity index (χ1) is 16.0. The van der Waals surface area contributed by atoms with E-state index in [-0.39, 0.29) is 23.6 Å². The third-order valence-electron chi connectivity index (χ3n) is 5.02. The van der Waals surface area contributed by atoms with Gasteiger partial charge in [0.1, 0.15) is 0 Å². The van der Waals surface area contributed by atoms with Gasteiger partial charge in [0, 0.05) is 18.7 Å². The number of nitrogens with zero attached hydrogens (tertiary/aromatic N) is 3. The number of aromatic nitrogens is 3. The highest BCUT2D eigenvalue weighted by molar-refractivity contribution is 7.99. The Bertz CT molecular complexity index is 1080. The topological polar surface area (TPSA) is 88.9 Å². The third-order valence-corrected chi connectivity index (χ3v) is 5.98. The highest BCUT2D eigenvalue weighted by Gasteiger charge is 2.20. The van der Waals surface area contributed by atoms with Crippen LogP contribution in [-0.4, -0.2) is 38.9 Å². The number of hydrogen-bond acceptors (Lipinski definition) is 5. The number of rotatable bonds is 11. The molecule has 0 unspecified atom stereocenters. The highest BCUT2D eigenvalue weighted by Crippen LogP contribution is 2.21. The number of aryl methyl sites for hydroxylation is 1. The first-order valence-electron chi connectivity index (χ1n) is 10.8. The maximum absolute atomic E-state index is 12.6. The van der Waals surface area contributed by atoms with Gasteiger partial charge in [0.25, 0.3) is 5.91 Å². The van der Waals surface area contributed by atoms with Gasteiger partial charge in [0.15, 0.2) is 11.0 Å². The quantitative estimate of drug-likeness (QED) is 0.334. The molecular formula is C25H29N5O2S. The van der Waals surface area contributed by atoms with Crippen molar-refractivity contribution in [3.63, 3.8) is 0 Å². The Hall–Kier alpha value is -3.39. The number of thioether (sulfide) groups is 1. The predicted octanol–water partition coefficient (Wildman–Crippen LogP) is 3.71. The van der Waals surface area contributed by atoms with E-state index in [1.807, 2.05) is 60.9 Å². The van der Waals surface area contributed by atoms with Gasteiger partial charge in [-0.1, -0.05) is 65.9 Å². The van der Waals surface area contributed by atoms with Crippen molar-refractivity contribution >= 4 is 23.6 Å². The molecule has 0 fully saturated rings. The molecule has 8 heteroatoms. The van der Waals surface area contributed by atoms with Crippen LogP contribution in [0.4, 0.5) is 0 Å². The van der Waals surface area contributed by atoms with Gasteiger partial charge in [-0.25, -0.2) is 0 Å². The summed E-state index contributed by atoms with van der Waals surface area (Å²) in [5.41, 5.74) is 2.86. The summed E-state index contributed by atoms with van der Waals surface area (Å²) in [6, 6.07) is 17.1. The van der Waals surface area contributed by atoms with Gasteiger partial charge in [-0.15, -0.1) is 16.8 Å². The van der Waals surface area contributed by atoms with Crippen molar-refractivity contribution in [1.29, 1.82) is 0 Å². The van der Waals surface area contributed by atoms with E-state index in [1.165, 1.54) is 17.3 Å². The molecule has 3 aromatic rings. The van der Waals surface area contributed by atoms with Crippen molar-refractivity contribution in [1.82, 2.24) is 25.4 Å². The molecule has 0 aliphatic carbocycles. The van der Waals surface area contributed by atoms with E-state index in [0.29, 0.717) is 29.6 Å². The number of nitrogens with one attached hydrogen (secondary N) is 2. The molecule has 33 heavy (non-hydrogen) atoms. The molecule has 0 saturated carbocycles. The molecule has 7 nitrogen and oxygen atoms in total. The molecule has 1 atom stereocenters. The van der Waals surface area contributed by atoms with Crippen molar-refractivity contribution in [2.24, 2.45) is 0 Å². The normalized spacial score (nSPS) is 11.6. The standard InChI is InChI=1S/C25H29N5O2S/c1-4-16-30-23(19(3)27-24(32)21-12-10-18(2)11-13-21)28-29-25(30)33-17-22(31)26-15-14-20-8-6-5-7-9-20/h4-13,19H,1,14-17H2,2-3H3,(H,26,31)(H,27,32)/t19-/m1/s1. The Kier molecular flexibility index (Phi) is 8.83. The van der Waals surface area contributed by atoms with Crippen LogP contribution < -0.4 is 10.6 Å². The fourth-order valence-corrected chi connectivity index (χ4v) is 4.03. The molecule has 2 N–H and O–H groups in total. The van der Waals surface area contributed by atoms with Gasteiger partial charge >= 0.3 is 0 Å². The largest absolute Gasteiger partial charge is 0.355 e. The van der Waals surface area contributed by atoms with E-state index >= 15 is 0 Å². The Morgan fingerprint density at radius 1 is 1.12 bits per heavy atom. The van der Waals surface area contributed by atoms with Crippen LogP contribution in [0.3, 0.4) is 0 Å². The Morgan fingerprint density at radius 2 is 1.85 bits per heavy atom. The summed E-state index contributed by atoms with van der Waals surface area (Å²) in [7, 11) is 0. The summed E-state index contributed by atoms with van der Waals surface area (Å²) in [4.78, 5) is 24.9. The van der Waals surface area contributed by atoms with Gasteiger partial charge in [0.2, 0.25) is 5.91 Å². The van der Waals surface area contributed by atoms with Gasteiger partial charge in [-0.3, -0.25) is 9.59 Å². The smallest absolute Gasteiger partial charge is 0.251 e. The molecule has 0 spiro atoms. The van der Waals surface area contributed by atoms with Crippen LogP contribution in [0.1, 0.15) is 40.3 Å². The molecule has 0 bridgehead atoms. The maximum Gasteiger partial charge on any atom is 0.251 e. The van der Waals surface area contributed by atoms with Crippen molar-refractivity contribution in [3.8, 4) is 0 Å². The maximum atomic E-state index is 12.6. The second-order valence-corrected chi connectivity index (χ2v) is 8.62. The average molecular weight is 464 g/mol. The van der Waals surface area contributed by atoms with Crippen LogP contribution in [-0.2, 0) is 17.8 Å². The minimum absolute atomic E-state index is 0.0636. The summed E-state index contributed by atoms with van der Waals surface area (Å²) in [5.74, 6) is 0.602. The van der Waals surface area contributed by atoms with Crippen molar-refractivity contribution in [2.45, 2.75) is 38.0 Å². The van der Waals surface area contributed by atoms with Crippen molar-refractivity contribution < 1.29 is 9.59 Å². The number of carbonyl (C=O) groups is 2. The number of hydrogen-bond donors (Lipinski definition) is 2. The second-order valence-electron chi connectivity index (χ2n) is 7.68. The lowest BCUT2D eigenvalue weighted by Gasteiger charge is -2.15. The van der Waals surface area contributed by atoms with Gasteiger partial charge < -0.3 is 15.2 Å². The zero-order valence-electron chi connectivity index (χ0n) is 19.0. The minimum atomic E-state index is -0.361. The Balaban J connectivity index is 1.56. The lowest BCUT2D eigenvalue weighted by molar-refractivity contribution is -0.118. The summed E-state index contributed by atoms with van der Waals surface area (Å²) >= 11 is 1.31. The lowest BCUT2D eigenvalue weighted by atomic mass is 10.1. The molecule has 172 valence electrons. The fraction of sp³-hybridized carbons (Fsp3) is 0.280. The molecule has 2 amide bonds. The van der Waals surface area contributed by atoms with Crippen LogP contribution in [0.25, 0.3) is 0 Å². The number of amides is 2. The third kappa shape index (κ3) is 7.05. The van der Waals surface area contributed by atoms with E-state index in [4.69, 9.17) is 0 Å². The molecular weight excluding hydrogens is 434 g/mol. The average Bonchev–Trinajstić information content (AvgIpc) is 3.21. The van der Waals surface area contributed by atoms with E-state index in [9.17, 15) is 9.59 Å². The van der Waals surface area contributed by atoms with Crippen LogP contribution in [0, 0.1) is 6.92 Å². The van der Waals surface area contributed by atoms with E-state index < -0.39 is 0 Å². The molecule has 0 aliphatic rings. The predicted molar refractivity (Wildman–Crippen MR) is 131 cm³/mol. The molecule has 3 rings (SSSR count). The van der Waals surface area contributed by atoms with Crippen molar-refractivity contribution in [2.75, 3.05) is 12.3 Å². The first kappa shape index (κ1) is 24.3. The molecule has 0 saturated heterocycles. The first-order valence-corrected chi connectivity index (χ1v) is 11.8. The fourth-order valence-electron chi connectivity index (χ4n) is 3.25. The Morgan fingerprint density at radius 3 is 2.55 bits per heavy atom. The Labute approximate surface area is 198 Å². The van der Waals surface area contributed by atoms with Crippen LogP contribution in [0.2, 0.25) is 0 Å². The summed E-state index contributed by atoms with van der Waals surface area (Å²) < 4.78 is 1.87. The van der Waals surface area contributed by atoms with Gasteiger partial charge in [-0.05, 0) is 38.0 Å². The van der Waals surface area contributed by atoms with Gasteiger partial charge in [-0.2, -0.15) is 0 Å². The van der Waals surface area contributed by atoms with E-state index in [2.05, 4.69) is 27.4 Å². The number of allylic oxidation sites excluding steroid dienone is 1. The van der Waals surface area contributed by atoms with Crippen molar-refractivity contribution in [3.05, 3.63) is 89.8 Å². The van der Waals surface area contributed by atoms with Crippen LogP contribution >= 0.6 is 11.8 Å². The SMILES string of the molecule is C=CCn1c(SCC(=O)NCCc2ccccc2)nnc1[C@@H](C)NC(=O)c1ccc(C)cc1. The lowest BCUT2D eigenvalue weighted by Crippen LogP contribution is -2.29. The zero-order valence-corrected chi connectivity index (χ0v) is 19.8. The van der Waals surface area contributed by atoms with Crippen LogP contribution in [0.5, 0.6) is 0 Å². The monoisotopic (exact) mass is 463 g/mol. The summed E-state index contributed by atoms with van der Waals surface area (Å²) in [5, 5.41) is 15.0. The van der Waals surface area contributed by atoms with E-state index in [0.717, 1.165) is 12.0 Å². The zero-order chi connectivity index (χ0) is 23.6. The summed E-state index contributed by atoms with van der Waals surface area (Å²) in [6.07, 6.45) is 2.53. The molecule has 0 aliphatic heterocycles. The number of carbonyl (C=O) groups excluding carboxylic acids is 2. The summed E-state index contributed by atoms with van der Waals surface area (Å²) in [6.45, 7) is 8.70. The molecule has 1 heterocycles. The molecule has 2 aromatic carbocycles. The van der Waals surface area contributed by atoms with Gasteiger partial charge in [0.05, 0.1) is 11.8 Å². The number of benzene rings is 2. The molecule has 0 radical (unpaired) electrons. The second kappa shape index (κ2) is 12.0.